The highest BCUT2D eigenvalue weighted by molar-refractivity contribution is 5.48. The molecule has 112 valence electrons. The van der Waals surface area contributed by atoms with Crippen LogP contribution in [0.15, 0.2) is 18.2 Å². The van der Waals surface area contributed by atoms with Gasteiger partial charge in [-0.05, 0) is 18.1 Å². The number of nitrogens with one attached hydrogen (secondary N) is 1. The maximum atomic E-state index is 11.1. The number of hydrogen-bond donors (Lipinski definition) is 1. The smallest absolute Gasteiger partial charge is 0.311 e. The third kappa shape index (κ3) is 5.17. The number of ether oxygens (including phenoxy) is 1. The van der Waals surface area contributed by atoms with Gasteiger partial charge in [0.15, 0.2) is 5.75 Å². The highest BCUT2D eigenvalue weighted by Gasteiger charge is 2.16. The molecule has 0 aromatic heterocycles. The normalized spacial score (nSPS) is 12.4. The van der Waals surface area contributed by atoms with Crippen LogP contribution < -0.4 is 10.1 Å². The maximum absolute atomic E-state index is 11.1. The van der Waals surface area contributed by atoms with Crippen LogP contribution >= 0.6 is 0 Å². The minimum atomic E-state index is -0.383. The number of benzene rings is 1. The van der Waals surface area contributed by atoms with E-state index in [2.05, 4.69) is 26.1 Å². The van der Waals surface area contributed by atoms with E-state index in [1.165, 1.54) is 0 Å². The van der Waals surface area contributed by atoms with Crippen molar-refractivity contribution in [1.29, 1.82) is 0 Å². The van der Waals surface area contributed by atoms with E-state index in [0.29, 0.717) is 24.3 Å². The molecule has 0 amide bonds. The fourth-order valence-corrected chi connectivity index (χ4v) is 1.78. The topological polar surface area (TPSA) is 64.4 Å². The molecule has 0 radical (unpaired) electrons. The highest BCUT2D eigenvalue weighted by atomic mass is 16.6. The summed E-state index contributed by atoms with van der Waals surface area (Å²) in [6, 6.07) is 5.58. The molecular formula is C15H24N2O3. The van der Waals surface area contributed by atoms with Crippen molar-refractivity contribution in [1.82, 2.24) is 5.32 Å². The molecule has 0 aliphatic rings. The summed E-state index contributed by atoms with van der Waals surface area (Å²) in [5.41, 5.74) is 0.993. The molecular weight excluding hydrogens is 256 g/mol. The summed E-state index contributed by atoms with van der Waals surface area (Å²) >= 11 is 0. The Balaban J connectivity index is 2.65. The molecule has 0 saturated carbocycles. The summed E-state index contributed by atoms with van der Waals surface area (Å²) in [5, 5.41) is 14.4. The molecule has 1 atom stereocenters. The predicted molar refractivity (Wildman–Crippen MR) is 80.3 cm³/mol. The lowest BCUT2D eigenvalue weighted by Crippen LogP contribution is -2.30. The molecule has 0 heterocycles. The monoisotopic (exact) mass is 280 g/mol. The van der Waals surface area contributed by atoms with Crippen LogP contribution in [0.2, 0.25) is 0 Å². The van der Waals surface area contributed by atoms with Gasteiger partial charge in [-0.2, -0.15) is 0 Å². The fraction of sp³-hybridized carbons (Fsp3) is 0.600. The first-order valence-electron chi connectivity index (χ1n) is 7.07. The van der Waals surface area contributed by atoms with Crippen LogP contribution in [0.25, 0.3) is 0 Å². The van der Waals surface area contributed by atoms with Gasteiger partial charge in [0, 0.05) is 24.6 Å². The van der Waals surface area contributed by atoms with E-state index in [-0.39, 0.29) is 10.6 Å². The summed E-state index contributed by atoms with van der Waals surface area (Å²) in [6.07, 6.45) is 0.774. The first-order valence-corrected chi connectivity index (χ1v) is 7.07. The second-order valence-electron chi connectivity index (χ2n) is 5.39. The molecule has 1 N–H and O–H groups in total. The predicted octanol–water partition coefficient (Wildman–Crippen LogP) is 3.17. The minimum Gasteiger partial charge on any atom is -0.486 e. The molecule has 1 rings (SSSR count). The average Bonchev–Trinajstić information content (AvgIpc) is 2.42. The molecule has 0 aliphatic heterocycles. The SMILES string of the molecule is CCc1ccc(OCC(C)CNC(C)C)c([N+](=O)[O-])c1. The first kappa shape index (κ1) is 16.4. The number of nitrogens with zero attached hydrogens (tertiary/aromatic N) is 1. The summed E-state index contributed by atoms with van der Waals surface area (Å²) in [5.74, 6) is 0.645. The summed E-state index contributed by atoms with van der Waals surface area (Å²) < 4.78 is 5.61. The Morgan fingerprint density at radius 3 is 2.60 bits per heavy atom. The Labute approximate surface area is 120 Å². The molecule has 1 aromatic carbocycles. The van der Waals surface area contributed by atoms with Gasteiger partial charge in [-0.15, -0.1) is 0 Å². The Morgan fingerprint density at radius 1 is 1.35 bits per heavy atom. The highest BCUT2D eigenvalue weighted by Crippen LogP contribution is 2.28. The summed E-state index contributed by atoms with van der Waals surface area (Å²) in [6.45, 7) is 9.50. The molecule has 5 heteroatoms. The molecule has 0 bridgehead atoms. The van der Waals surface area contributed by atoms with Crippen LogP contribution in [0.3, 0.4) is 0 Å². The second kappa shape index (κ2) is 7.85. The van der Waals surface area contributed by atoms with Crippen molar-refractivity contribution < 1.29 is 9.66 Å². The molecule has 0 saturated heterocycles. The Morgan fingerprint density at radius 2 is 2.05 bits per heavy atom. The van der Waals surface area contributed by atoms with Crippen LogP contribution in [-0.2, 0) is 6.42 Å². The van der Waals surface area contributed by atoms with E-state index in [9.17, 15) is 10.1 Å². The fourth-order valence-electron chi connectivity index (χ4n) is 1.78. The van der Waals surface area contributed by atoms with Crippen molar-refractivity contribution in [3.05, 3.63) is 33.9 Å². The zero-order valence-electron chi connectivity index (χ0n) is 12.7. The van der Waals surface area contributed by atoms with Crippen LogP contribution in [0.5, 0.6) is 5.75 Å². The Kier molecular flexibility index (Phi) is 6.45. The quantitative estimate of drug-likeness (QED) is 0.587. The Hall–Kier alpha value is -1.62. The number of nitro groups is 1. The van der Waals surface area contributed by atoms with Gasteiger partial charge in [-0.25, -0.2) is 0 Å². The standard InChI is InChI=1S/C15H24N2O3/c1-5-13-6-7-15(14(8-13)17(18)19)20-10-12(4)9-16-11(2)3/h6-8,11-12,16H,5,9-10H2,1-4H3. The molecule has 1 aromatic rings. The lowest BCUT2D eigenvalue weighted by atomic mass is 10.1. The number of rotatable bonds is 8. The summed E-state index contributed by atoms with van der Waals surface area (Å²) in [7, 11) is 0. The molecule has 1 unspecified atom stereocenters. The van der Waals surface area contributed by atoms with Crippen molar-refractivity contribution in [3.8, 4) is 5.75 Å². The van der Waals surface area contributed by atoms with Gasteiger partial charge in [0.25, 0.3) is 0 Å². The summed E-state index contributed by atoms with van der Waals surface area (Å²) in [4.78, 5) is 10.7. The maximum Gasteiger partial charge on any atom is 0.311 e. The molecule has 0 spiro atoms. The van der Waals surface area contributed by atoms with Crippen LogP contribution in [-0.4, -0.2) is 24.1 Å². The number of aryl methyl sites for hydroxylation is 1. The van der Waals surface area contributed by atoms with Gasteiger partial charge in [0.1, 0.15) is 0 Å². The van der Waals surface area contributed by atoms with Gasteiger partial charge >= 0.3 is 5.69 Å². The van der Waals surface area contributed by atoms with Gasteiger partial charge in [-0.3, -0.25) is 10.1 Å². The Bertz CT molecular complexity index is 447. The first-order chi connectivity index (χ1) is 9.43. The van der Waals surface area contributed by atoms with Crippen molar-refractivity contribution in [2.24, 2.45) is 5.92 Å². The van der Waals surface area contributed by atoms with E-state index >= 15 is 0 Å². The zero-order chi connectivity index (χ0) is 15.1. The van der Waals surface area contributed by atoms with E-state index in [4.69, 9.17) is 4.74 Å². The molecule has 5 nitrogen and oxygen atoms in total. The van der Waals surface area contributed by atoms with Crippen LogP contribution in [0.1, 0.15) is 33.3 Å². The average molecular weight is 280 g/mol. The number of nitro benzene ring substituents is 1. The molecule has 20 heavy (non-hydrogen) atoms. The lowest BCUT2D eigenvalue weighted by molar-refractivity contribution is -0.386. The van der Waals surface area contributed by atoms with Gasteiger partial charge in [-0.1, -0.05) is 33.8 Å². The van der Waals surface area contributed by atoms with Gasteiger partial charge < -0.3 is 10.1 Å². The van der Waals surface area contributed by atoms with Crippen molar-refractivity contribution in [3.63, 3.8) is 0 Å². The number of hydrogen-bond acceptors (Lipinski definition) is 4. The third-order valence-corrected chi connectivity index (χ3v) is 3.03. The zero-order valence-corrected chi connectivity index (χ0v) is 12.7. The minimum absolute atomic E-state index is 0.0494. The third-order valence-electron chi connectivity index (χ3n) is 3.03. The van der Waals surface area contributed by atoms with Gasteiger partial charge in [0.2, 0.25) is 0 Å². The van der Waals surface area contributed by atoms with E-state index in [0.717, 1.165) is 18.5 Å². The van der Waals surface area contributed by atoms with Crippen LogP contribution in [0, 0.1) is 16.0 Å². The van der Waals surface area contributed by atoms with Crippen molar-refractivity contribution in [2.75, 3.05) is 13.2 Å². The van der Waals surface area contributed by atoms with E-state index < -0.39 is 0 Å². The largest absolute Gasteiger partial charge is 0.486 e. The van der Waals surface area contributed by atoms with Gasteiger partial charge in [0.05, 0.1) is 11.5 Å². The van der Waals surface area contributed by atoms with Crippen molar-refractivity contribution >= 4 is 5.69 Å². The molecule has 0 aliphatic carbocycles. The lowest BCUT2D eigenvalue weighted by Gasteiger charge is -2.16. The van der Waals surface area contributed by atoms with Crippen LogP contribution in [0.4, 0.5) is 5.69 Å². The van der Waals surface area contributed by atoms with E-state index in [1.54, 1.807) is 12.1 Å². The second-order valence-corrected chi connectivity index (χ2v) is 5.39. The van der Waals surface area contributed by atoms with E-state index in [1.807, 2.05) is 13.0 Å². The van der Waals surface area contributed by atoms with Crippen molar-refractivity contribution in [2.45, 2.75) is 40.2 Å². The molecule has 0 fully saturated rings.